The molecule has 0 spiro atoms. The summed E-state index contributed by atoms with van der Waals surface area (Å²) in [5.41, 5.74) is 3.19. The van der Waals surface area contributed by atoms with Gasteiger partial charge in [-0.3, -0.25) is 0 Å². The zero-order valence-electron chi connectivity index (χ0n) is 8.16. The van der Waals surface area contributed by atoms with Gasteiger partial charge >= 0.3 is 0 Å². The largest absolute Gasteiger partial charge is 0.250 e. The third-order valence-corrected chi connectivity index (χ3v) is 2.66. The van der Waals surface area contributed by atoms with Crippen molar-refractivity contribution in [3.8, 4) is 0 Å². The summed E-state index contributed by atoms with van der Waals surface area (Å²) in [6, 6.07) is 0. The lowest BCUT2D eigenvalue weighted by Crippen LogP contribution is -1.85. The lowest BCUT2D eigenvalue weighted by atomic mass is 10.1. The monoisotopic (exact) mass is 219 g/mol. The molecule has 1 aromatic heterocycles. The van der Waals surface area contributed by atoms with Crippen LogP contribution in [0.15, 0.2) is 10.9 Å². The summed E-state index contributed by atoms with van der Waals surface area (Å²) in [5.74, 6) is 0. The number of unbranched alkanes of at least 4 members (excludes halogenated alkanes) is 4. The van der Waals surface area contributed by atoms with Crippen LogP contribution in [-0.2, 0) is 6.42 Å². The van der Waals surface area contributed by atoms with Crippen LogP contribution in [0.3, 0.4) is 0 Å². The molecule has 0 aliphatic rings. The molecule has 0 unspecified atom stereocenters. The molecule has 0 saturated heterocycles. The molecular weight excluding hydrogens is 202 g/mol. The van der Waals surface area contributed by atoms with E-state index in [1.54, 1.807) is 11.3 Å². The van der Waals surface area contributed by atoms with Crippen LogP contribution in [0.5, 0.6) is 0 Å². The Morgan fingerprint density at radius 1 is 1.23 bits per heavy atom. The summed E-state index contributed by atoms with van der Waals surface area (Å²) in [6.45, 7) is 2.25. The van der Waals surface area contributed by atoms with Gasteiger partial charge in [0.1, 0.15) is 0 Å². The molecule has 1 rings (SSSR count). The van der Waals surface area contributed by atoms with Crippen LogP contribution in [0, 0.1) is 0 Å². The minimum atomic E-state index is 0. The molecule has 0 atom stereocenters. The highest BCUT2D eigenvalue weighted by atomic mass is 35.5. The second-order valence-corrected chi connectivity index (χ2v) is 3.86. The quantitative estimate of drug-likeness (QED) is 0.658. The number of hydrogen-bond donors (Lipinski definition) is 0. The van der Waals surface area contributed by atoms with Crippen LogP contribution in [0.2, 0.25) is 0 Å². The van der Waals surface area contributed by atoms with Crippen molar-refractivity contribution < 1.29 is 0 Å². The van der Waals surface area contributed by atoms with Crippen LogP contribution >= 0.6 is 23.7 Å². The maximum Gasteiger partial charge on any atom is 0.0794 e. The highest BCUT2D eigenvalue weighted by Gasteiger charge is 1.94. The van der Waals surface area contributed by atoms with Crippen molar-refractivity contribution in [3.05, 3.63) is 16.6 Å². The molecule has 76 valence electrons. The van der Waals surface area contributed by atoms with Crippen molar-refractivity contribution >= 4 is 23.7 Å². The lowest BCUT2D eigenvalue weighted by Gasteiger charge is -1.97. The first kappa shape index (κ1) is 12.9. The van der Waals surface area contributed by atoms with E-state index < -0.39 is 0 Å². The van der Waals surface area contributed by atoms with Gasteiger partial charge in [-0.1, -0.05) is 32.6 Å². The van der Waals surface area contributed by atoms with Crippen LogP contribution in [0.4, 0.5) is 0 Å². The minimum Gasteiger partial charge on any atom is -0.250 e. The summed E-state index contributed by atoms with van der Waals surface area (Å²) in [6.07, 6.45) is 7.96. The first-order chi connectivity index (χ1) is 5.93. The Hall–Kier alpha value is -0.0800. The fraction of sp³-hybridized carbons (Fsp3) is 0.700. The molecule has 0 N–H and O–H groups in total. The summed E-state index contributed by atoms with van der Waals surface area (Å²) in [5, 5.41) is 2.15. The molecule has 0 aliphatic carbocycles. The second kappa shape index (κ2) is 8.52. The number of aromatic nitrogens is 1. The van der Waals surface area contributed by atoms with Crippen molar-refractivity contribution in [1.82, 2.24) is 4.98 Å². The van der Waals surface area contributed by atoms with Gasteiger partial charge < -0.3 is 0 Å². The van der Waals surface area contributed by atoms with E-state index in [4.69, 9.17) is 0 Å². The molecule has 0 amide bonds. The lowest BCUT2D eigenvalue weighted by molar-refractivity contribution is 0.629. The van der Waals surface area contributed by atoms with Gasteiger partial charge in [-0.25, -0.2) is 4.98 Å². The number of nitrogens with zero attached hydrogens (tertiary/aromatic N) is 1. The van der Waals surface area contributed by atoms with Gasteiger partial charge in [-0.15, -0.1) is 23.7 Å². The molecule has 0 saturated carbocycles. The SMILES string of the molecule is CCCCCCCc1cscn1.Cl. The minimum absolute atomic E-state index is 0. The van der Waals surface area contributed by atoms with E-state index in [0.717, 1.165) is 0 Å². The van der Waals surface area contributed by atoms with Gasteiger partial charge in [0.25, 0.3) is 0 Å². The molecule has 0 aromatic carbocycles. The van der Waals surface area contributed by atoms with E-state index in [9.17, 15) is 0 Å². The zero-order chi connectivity index (χ0) is 8.65. The molecule has 0 bridgehead atoms. The maximum atomic E-state index is 4.25. The van der Waals surface area contributed by atoms with Crippen molar-refractivity contribution in [1.29, 1.82) is 0 Å². The van der Waals surface area contributed by atoms with E-state index in [0.29, 0.717) is 0 Å². The molecule has 1 aromatic rings. The topological polar surface area (TPSA) is 12.9 Å². The van der Waals surface area contributed by atoms with Crippen LogP contribution in [-0.4, -0.2) is 4.98 Å². The van der Waals surface area contributed by atoms with Gasteiger partial charge in [-0.2, -0.15) is 0 Å². The summed E-state index contributed by atoms with van der Waals surface area (Å²) in [4.78, 5) is 4.25. The average Bonchev–Trinajstić information content (AvgIpc) is 2.57. The highest BCUT2D eigenvalue weighted by molar-refractivity contribution is 7.07. The van der Waals surface area contributed by atoms with Crippen molar-refractivity contribution in [2.75, 3.05) is 0 Å². The fourth-order valence-corrected chi connectivity index (χ4v) is 1.86. The summed E-state index contributed by atoms with van der Waals surface area (Å²) >= 11 is 1.70. The van der Waals surface area contributed by atoms with Crippen LogP contribution in [0.25, 0.3) is 0 Å². The second-order valence-electron chi connectivity index (χ2n) is 3.14. The number of halogens is 1. The van der Waals surface area contributed by atoms with Gasteiger partial charge in [0, 0.05) is 5.38 Å². The van der Waals surface area contributed by atoms with E-state index in [2.05, 4.69) is 17.3 Å². The third kappa shape index (κ3) is 6.05. The predicted molar refractivity (Wildman–Crippen MR) is 61.8 cm³/mol. The van der Waals surface area contributed by atoms with E-state index >= 15 is 0 Å². The van der Waals surface area contributed by atoms with Gasteiger partial charge in [0.2, 0.25) is 0 Å². The number of thiazole rings is 1. The molecule has 1 nitrogen and oxygen atoms in total. The molecule has 13 heavy (non-hydrogen) atoms. The predicted octanol–water partition coefficient (Wildman–Crippen LogP) is 4.08. The molecule has 3 heteroatoms. The zero-order valence-corrected chi connectivity index (χ0v) is 9.79. The Balaban J connectivity index is 0.00000144. The molecule has 1 heterocycles. The number of rotatable bonds is 6. The van der Waals surface area contributed by atoms with Gasteiger partial charge in [0.05, 0.1) is 11.2 Å². The van der Waals surface area contributed by atoms with E-state index in [1.165, 1.54) is 44.2 Å². The van der Waals surface area contributed by atoms with Crippen molar-refractivity contribution in [2.45, 2.75) is 45.4 Å². The molecule has 0 aliphatic heterocycles. The molecule has 0 fully saturated rings. The Bertz CT molecular complexity index is 187. The normalized spacial score (nSPS) is 9.62. The fourth-order valence-electron chi connectivity index (χ4n) is 1.27. The summed E-state index contributed by atoms with van der Waals surface area (Å²) in [7, 11) is 0. The summed E-state index contributed by atoms with van der Waals surface area (Å²) < 4.78 is 0. The number of aryl methyl sites for hydroxylation is 1. The van der Waals surface area contributed by atoms with E-state index in [-0.39, 0.29) is 12.4 Å². The average molecular weight is 220 g/mol. The Morgan fingerprint density at radius 3 is 2.62 bits per heavy atom. The van der Waals surface area contributed by atoms with E-state index in [1.807, 2.05) is 5.51 Å². The third-order valence-electron chi connectivity index (χ3n) is 2.02. The first-order valence-electron chi connectivity index (χ1n) is 4.80. The number of hydrogen-bond acceptors (Lipinski definition) is 2. The first-order valence-corrected chi connectivity index (χ1v) is 5.75. The van der Waals surface area contributed by atoms with Gasteiger partial charge in [-0.05, 0) is 12.8 Å². The Labute approximate surface area is 91.0 Å². The van der Waals surface area contributed by atoms with Crippen molar-refractivity contribution in [2.24, 2.45) is 0 Å². The highest BCUT2D eigenvalue weighted by Crippen LogP contribution is 2.08. The van der Waals surface area contributed by atoms with Crippen molar-refractivity contribution in [3.63, 3.8) is 0 Å². The maximum absolute atomic E-state index is 4.25. The standard InChI is InChI=1S/C10H17NS.ClH/c1-2-3-4-5-6-7-10-8-12-9-11-10;/h8-9H,2-7H2,1H3;1H. The Morgan fingerprint density at radius 2 is 2.00 bits per heavy atom. The Kier molecular flexibility index (Phi) is 8.46. The molecular formula is C10H18ClNS. The van der Waals surface area contributed by atoms with Crippen LogP contribution in [0.1, 0.15) is 44.7 Å². The van der Waals surface area contributed by atoms with Gasteiger partial charge in [0.15, 0.2) is 0 Å². The smallest absolute Gasteiger partial charge is 0.0794 e. The van der Waals surface area contributed by atoms with Crippen LogP contribution < -0.4 is 0 Å². The molecule has 0 radical (unpaired) electrons.